The molecule has 0 saturated carbocycles. The van der Waals surface area contributed by atoms with Gasteiger partial charge in [-0.15, -0.1) is 0 Å². The molecule has 10 heteroatoms. The fraction of sp³-hybridized carbons (Fsp3) is 0.194. The maximum Gasteiger partial charge on any atom is 0.338 e. The van der Waals surface area contributed by atoms with Gasteiger partial charge in [-0.05, 0) is 60.9 Å². The fourth-order valence-electron chi connectivity index (χ4n) is 4.60. The second-order valence-electron chi connectivity index (χ2n) is 9.16. The number of hydrogen-bond acceptors (Lipinski definition) is 7. The van der Waals surface area contributed by atoms with Gasteiger partial charge in [-0.2, -0.15) is 0 Å². The third kappa shape index (κ3) is 5.82. The van der Waals surface area contributed by atoms with E-state index in [0.29, 0.717) is 49.3 Å². The molecule has 0 unspecified atom stereocenters. The molecule has 5 rings (SSSR count). The minimum Gasteiger partial charge on any atom is -0.493 e. The highest BCUT2D eigenvalue weighted by Gasteiger charge is 2.33. The summed E-state index contributed by atoms with van der Waals surface area (Å²) in [6, 6.07) is 17.9. The highest BCUT2D eigenvalue weighted by atomic mass is 35.5. The highest BCUT2D eigenvalue weighted by molar-refractivity contribution is 7.07. The number of thiazole rings is 1. The monoisotopic (exact) mass is 592 g/mol. The lowest BCUT2D eigenvalue weighted by atomic mass is 9.96. The summed E-state index contributed by atoms with van der Waals surface area (Å²) in [4.78, 5) is 31.8. The van der Waals surface area contributed by atoms with Gasteiger partial charge in [0.05, 0.1) is 40.6 Å². The maximum atomic E-state index is 13.8. The number of benzene rings is 3. The van der Waals surface area contributed by atoms with Crippen molar-refractivity contribution < 1.29 is 23.4 Å². The number of fused-ring (bicyclic) bond motifs is 1. The van der Waals surface area contributed by atoms with Crippen LogP contribution >= 0.6 is 22.9 Å². The van der Waals surface area contributed by atoms with E-state index in [9.17, 15) is 14.0 Å². The van der Waals surface area contributed by atoms with Crippen molar-refractivity contribution in [1.29, 1.82) is 0 Å². The molecule has 1 aliphatic heterocycles. The van der Waals surface area contributed by atoms with Crippen LogP contribution in [0.5, 0.6) is 11.5 Å². The minimum absolute atomic E-state index is 0.157. The normalized spacial score (nSPS) is 14.9. The third-order valence-electron chi connectivity index (χ3n) is 6.48. The Morgan fingerprint density at radius 1 is 1.15 bits per heavy atom. The van der Waals surface area contributed by atoms with Crippen molar-refractivity contribution >= 4 is 35.0 Å². The second kappa shape index (κ2) is 12.1. The van der Waals surface area contributed by atoms with E-state index < -0.39 is 17.8 Å². The van der Waals surface area contributed by atoms with E-state index in [1.54, 1.807) is 44.2 Å². The topological polar surface area (TPSA) is 79.1 Å². The quantitative estimate of drug-likeness (QED) is 0.264. The van der Waals surface area contributed by atoms with E-state index in [-0.39, 0.29) is 17.7 Å². The molecular formula is C31H26ClFN2O5S. The Labute approximate surface area is 244 Å². The largest absolute Gasteiger partial charge is 0.493 e. The molecule has 1 aromatic heterocycles. The fourth-order valence-corrected chi connectivity index (χ4v) is 5.92. The second-order valence-corrected chi connectivity index (χ2v) is 10.6. The summed E-state index contributed by atoms with van der Waals surface area (Å²) in [6.07, 6.45) is 1.68. The van der Waals surface area contributed by atoms with E-state index in [2.05, 4.69) is 4.99 Å². The summed E-state index contributed by atoms with van der Waals surface area (Å²) in [5, 5.41) is 0.323. The zero-order valence-electron chi connectivity index (χ0n) is 22.5. The summed E-state index contributed by atoms with van der Waals surface area (Å²) in [7, 11) is 1.51. The van der Waals surface area contributed by atoms with Crippen molar-refractivity contribution in [3.8, 4) is 11.5 Å². The van der Waals surface area contributed by atoms with Gasteiger partial charge in [0, 0.05) is 0 Å². The number of esters is 1. The van der Waals surface area contributed by atoms with E-state index in [4.69, 9.17) is 25.8 Å². The Morgan fingerprint density at radius 2 is 1.88 bits per heavy atom. The molecule has 0 N–H and O–H groups in total. The lowest BCUT2D eigenvalue weighted by Gasteiger charge is -2.24. The van der Waals surface area contributed by atoms with Crippen LogP contribution in [0.15, 0.2) is 87.8 Å². The van der Waals surface area contributed by atoms with Crippen LogP contribution in [0, 0.1) is 5.82 Å². The zero-order valence-corrected chi connectivity index (χ0v) is 24.1. The van der Waals surface area contributed by atoms with Crippen molar-refractivity contribution in [1.82, 2.24) is 4.57 Å². The molecule has 0 radical (unpaired) electrons. The molecule has 1 aliphatic rings. The number of allylic oxidation sites excluding steroid dienone is 1. The number of halogens is 2. The SMILES string of the molecule is CCOC(=O)C1=C(C)N=c2s/c(=C\c3cc(Cl)c(OCc4ccccc4)c(OC)c3)c(=O)n2[C@H]1c1ccc(F)cc1. The first kappa shape index (κ1) is 28.3. The molecule has 0 fully saturated rings. The van der Waals surface area contributed by atoms with Gasteiger partial charge in [0.15, 0.2) is 16.3 Å². The molecule has 3 aromatic carbocycles. The Balaban J connectivity index is 1.58. The molecular weight excluding hydrogens is 567 g/mol. The van der Waals surface area contributed by atoms with Crippen LogP contribution < -0.4 is 24.4 Å². The third-order valence-corrected chi connectivity index (χ3v) is 7.74. The molecule has 41 heavy (non-hydrogen) atoms. The number of hydrogen-bond donors (Lipinski definition) is 0. The number of methoxy groups -OCH3 is 1. The number of carbonyl (C=O) groups excluding carboxylic acids is 1. The molecule has 0 aliphatic carbocycles. The number of rotatable bonds is 8. The summed E-state index contributed by atoms with van der Waals surface area (Å²) < 4.78 is 32.4. The van der Waals surface area contributed by atoms with Crippen LogP contribution in [0.4, 0.5) is 4.39 Å². The van der Waals surface area contributed by atoms with Gasteiger partial charge in [-0.1, -0.05) is 65.4 Å². The maximum absolute atomic E-state index is 13.8. The number of nitrogens with zero attached hydrogens (tertiary/aromatic N) is 2. The van der Waals surface area contributed by atoms with Gasteiger partial charge in [-0.25, -0.2) is 14.2 Å². The van der Waals surface area contributed by atoms with Crippen LogP contribution in [0.25, 0.3) is 6.08 Å². The Hall–Kier alpha value is -4.21. The van der Waals surface area contributed by atoms with Crippen LogP contribution in [0.3, 0.4) is 0 Å². The van der Waals surface area contributed by atoms with E-state index >= 15 is 0 Å². The van der Waals surface area contributed by atoms with Gasteiger partial charge in [0.1, 0.15) is 12.4 Å². The van der Waals surface area contributed by atoms with Gasteiger partial charge in [0.25, 0.3) is 5.56 Å². The van der Waals surface area contributed by atoms with Crippen molar-refractivity contribution in [2.75, 3.05) is 13.7 Å². The predicted molar refractivity (Wildman–Crippen MR) is 156 cm³/mol. The first-order chi connectivity index (χ1) is 19.8. The molecule has 4 aromatic rings. The van der Waals surface area contributed by atoms with Crippen LogP contribution in [-0.4, -0.2) is 24.3 Å². The van der Waals surface area contributed by atoms with E-state index in [0.717, 1.165) is 5.56 Å². The number of carbonyl (C=O) groups is 1. The Bertz CT molecular complexity index is 1810. The number of aromatic nitrogens is 1. The molecule has 210 valence electrons. The van der Waals surface area contributed by atoms with Gasteiger partial charge in [0.2, 0.25) is 0 Å². The standard InChI is InChI=1S/C31H26ClFN2O5S/c1-4-39-30(37)26-18(2)34-31-35(27(26)21-10-12-22(33)13-11-21)29(36)25(41-31)16-20-14-23(32)28(24(15-20)38-3)40-17-19-8-6-5-7-9-19/h5-16,27H,4,17H2,1-3H3/b25-16-/t27-/m0/s1. The predicted octanol–water partition coefficient (Wildman–Crippen LogP) is 5.18. The minimum atomic E-state index is -0.833. The van der Waals surface area contributed by atoms with Gasteiger partial charge < -0.3 is 14.2 Å². The van der Waals surface area contributed by atoms with Gasteiger partial charge >= 0.3 is 5.97 Å². The van der Waals surface area contributed by atoms with Crippen molar-refractivity contribution in [2.24, 2.45) is 4.99 Å². The zero-order chi connectivity index (χ0) is 29.1. The lowest BCUT2D eigenvalue weighted by Crippen LogP contribution is -2.39. The molecule has 2 heterocycles. The lowest BCUT2D eigenvalue weighted by molar-refractivity contribution is -0.139. The van der Waals surface area contributed by atoms with Crippen molar-refractivity contribution in [3.63, 3.8) is 0 Å². The van der Waals surface area contributed by atoms with Crippen LogP contribution in [0.2, 0.25) is 5.02 Å². The molecule has 0 bridgehead atoms. The van der Waals surface area contributed by atoms with Gasteiger partial charge in [-0.3, -0.25) is 9.36 Å². The number of ether oxygens (including phenoxy) is 3. The highest BCUT2D eigenvalue weighted by Crippen LogP contribution is 2.37. The molecule has 0 saturated heterocycles. The molecule has 1 atom stereocenters. The summed E-state index contributed by atoms with van der Waals surface area (Å²) in [5.41, 5.74) is 2.43. The van der Waals surface area contributed by atoms with Crippen molar-refractivity contribution in [2.45, 2.75) is 26.5 Å². The summed E-state index contributed by atoms with van der Waals surface area (Å²) in [6.45, 7) is 3.86. The Kier molecular flexibility index (Phi) is 8.37. The van der Waals surface area contributed by atoms with Crippen LogP contribution in [-0.2, 0) is 16.1 Å². The molecule has 0 amide bonds. The molecule has 7 nitrogen and oxygen atoms in total. The smallest absolute Gasteiger partial charge is 0.338 e. The van der Waals surface area contributed by atoms with E-state index in [1.807, 2.05) is 30.3 Å². The first-order valence-electron chi connectivity index (χ1n) is 12.8. The van der Waals surface area contributed by atoms with Crippen molar-refractivity contribution in [3.05, 3.63) is 125 Å². The summed E-state index contributed by atoms with van der Waals surface area (Å²) >= 11 is 7.77. The molecule has 0 spiro atoms. The Morgan fingerprint density at radius 3 is 2.56 bits per heavy atom. The van der Waals surface area contributed by atoms with Crippen LogP contribution in [0.1, 0.15) is 36.6 Å². The van der Waals surface area contributed by atoms with E-state index in [1.165, 1.54) is 35.1 Å². The average Bonchev–Trinajstić information content (AvgIpc) is 3.26. The summed E-state index contributed by atoms with van der Waals surface area (Å²) in [5.74, 6) is -0.207. The average molecular weight is 593 g/mol. The first-order valence-corrected chi connectivity index (χ1v) is 14.0.